The van der Waals surface area contributed by atoms with Gasteiger partial charge in [0.15, 0.2) is 4.34 Å². The van der Waals surface area contributed by atoms with E-state index in [1.54, 1.807) is 23.1 Å². The van der Waals surface area contributed by atoms with Crippen LogP contribution in [0.1, 0.15) is 44.0 Å². The first-order chi connectivity index (χ1) is 9.74. The molecule has 0 radical (unpaired) electrons. The highest BCUT2D eigenvalue weighted by Gasteiger charge is 2.14. The van der Waals surface area contributed by atoms with Crippen LogP contribution in [0.4, 0.5) is 0 Å². The highest BCUT2D eigenvalue weighted by atomic mass is 32.2. The lowest BCUT2D eigenvalue weighted by atomic mass is 10.0. The standard InChI is InChI=1S/C16H22N2S2/c1-4-10-17-14(5-2)13-8-6-7-9-15(13)20-16-18-12(3)11-19-16/h6-9,11,14,17H,4-5,10H2,1-3H3. The van der Waals surface area contributed by atoms with Crippen LogP contribution in [0.2, 0.25) is 0 Å². The Morgan fingerprint density at radius 3 is 2.75 bits per heavy atom. The van der Waals surface area contributed by atoms with Gasteiger partial charge >= 0.3 is 0 Å². The molecule has 2 aromatic rings. The summed E-state index contributed by atoms with van der Waals surface area (Å²) in [6, 6.07) is 9.11. The highest BCUT2D eigenvalue weighted by molar-refractivity contribution is 8.01. The lowest BCUT2D eigenvalue weighted by Crippen LogP contribution is -2.21. The second kappa shape index (κ2) is 7.81. The fraction of sp³-hybridized carbons (Fsp3) is 0.438. The molecule has 0 saturated heterocycles. The Hall–Kier alpha value is -0.840. The van der Waals surface area contributed by atoms with Crippen molar-refractivity contribution >= 4 is 23.1 Å². The van der Waals surface area contributed by atoms with E-state index in [-0.39, 0.29) is 0 Å². The number of aromatic nitrogens is 1. The number of nitrogens with one attached hydrogen (secondary N) is 1. The average Bonchev–Trinajstić information content (AvgIpc) is 2.86. The van der Waals surface area contributed by atoms with E-state index < -0.39 is 0 Å². The van der Waals surface area contributed by atoms with Gasteiger partial charge in [-0.2, -0.15) is 0 Å². The maximum atomic E-state index is 4.56. The summed E-state index contributed by atoms with van der Waals surface area (Å²) in [5.41, 5.74) is 2.49. The van der Waals surface area contributed by atoms with E-state index in [1.807, 2.05) is 6.92 Å². The third-order valence-electron chi connectivity index (χ3n) is 3.14. The Morgan fingerprint density at radius 2 is 2.10 bits per heavy atom. The van der Waals surface area contributed by atoms with E-state index in [0.29, 0.717) is 6.04 Å². The molecule has 0 aliphatic carbocycles. The van der Waals surface area contributed by atoms with E-state index in [9.17, 15) is 0 Å². The zero-order valence-electron chi connectivity index (χ0n) is 12.3. The van der Waals surface area contributed by atoms with Crippen LogP contribution >= 0.6 is 23.1 Å². The Morgan fingerprint density at radius 1 is 1.30 bits per heavy atom. The Bertz CT molecular complexity index is 537. The molecule has 1 heterocycles. The van der Waals surface area contributed by atoms with Gasteiger partial charge in [0, 0.05) is 22.0 Å². The topological polar surface area (TPSA) is 24.9 Å². The summed E-state index contributed by atoms with van der Waals surface area (Å²) in [6.45, 7) is 7.55. The van der Waals surface area contributed by atoms with Crippen LogP contribution in [0.25, 0.3) is 0 Å². The first kappa shape index (κ1) is 15.5. The maximum Gasteiger partial charge on any atom is 0.154 e. The molecular formula is C16H22N2S2. The summed E-state index contributed by atoms with van der Waals surface area (Å²) in [5.74, 6) is 0. The number of aryl methyl sites for hydroxylation is 1. The van der Waals surface area contributed by atoms with Crippen molar-refractivity contribution < 1.29 is 0 Å². The van der Waals surface area contributed by atoms with Gasteiger partial charge in [-0.15, -0.1) is 11.3 Å². The number of nitrogens with zero attached hydrogens (tertiary/aromatic N) is 1. The third-order valence-corrected chi connectivity index (χ3v) is 5.29. The predicted octanol–water partition coefficient (Wildman–Crippen LogP) is 5.05. The minimum atomic E-state index is 0.430. The van der Waals surface area contributed by atoms with Crippen LogP contribution in [0.3, 0.4) is 0 Å². The molecule has 1 aromatic heterocycles. The Balaban J connectivity index is 2.20. The summed E-state index contributed by atoms with van der Waals surface area (Å²) >= 11 is 3.50. The first-order valence-electron chi connectivity index (χ1n) is 7.16. The minimum absolute atomic E-state index is 0.430. The lowest BCUT2D eigenvalue weighted by Gasteiger charge is -2.19. The van der Waals surface area contributed by atoms with Gasteiger partial charge in [-0.05, 0) is 37.9 Å². The fourth-order valence-corrected chi connectivity index (χ4v) is 4.11. The van der Waals surface area contributed by atoms with Crippen LogP contribution < -0.4 is 5.32 Å². The Labute approximate surface area is 130 Å². The summed E-state index contributed by atoms with van der Waals surface area (Å²) in [6.07, 6.45) is 2.27. The molecule has 1 aromatic carbocycles. The minimum Gasteiger partial charge on any atom is -0.310 e. The molecular weight excluding hydrogens is 284 g/mol. The van der Waals surface area contributed by atoms with Crippen molar-refractivity contribution in [2.45, 2.75) is 48.9 Å². The van der Waals surface area contributed by atoms with Gasteiger partial charge in [-0.25, -0.2) is 4.98 Å². The monoisotopic (exact) mass is 306 g/mol. The van der Waals surface area contributed by atoms with Crippen molar-refractivity contribution in [1.82, 2.24) is 10.3 Å². The zero-order chi connectivity index (χ0) is 14.4. The third kappa shape index (κ3) is 4.08. The van der Waals surface area contributed by atoms with Crippen molar-refractivity contribution in [2.75, 3.05) is 6.54 Å². The normalized spacial score (nSPS) is 12.6. The van der Waals surface area contributed by atoms with Crippen molar-refractivity contribution in [3.05, 3.63) is 40.9 Å². The van der Waals surface area contributed by atoms with E-state index in [4.69, 9.17) is 0 Å². The molecule has 0 bridgehead atoms. The van der Waals surface area contributed by atoms with Crippen molar-refractivity contribution in [1.29, 1.82) is 0 Å². The van der Waals surface area contributed by atoms with Crippen LogP contribution in [0.15, 0.2) is 38.9 Å². The molecule has 2 nitrogen and oxygen atoms in total. The first-order valence-corrected chi connectivity index (χ1v) is 8.86. The SMILES string of the molecule is CCCNC(CC)c1ccccc1Sc1nc(C)cs1. The van der Waals surface area contributed by atoms with Crippen molar-refractivity contribution in [3.8, 4) is 0 Å². The van der Waals surface area contributed by atoms with Crippen molar-refractivity contribution in [2.24, 2.45) is 0 Å². The molecule has 108 valence electrons. The number of thiazole rings is 1. The molecule has 1 atom stereocenters. The van der Waals surface area contributed by atoms with Gasteiger partial charge in [0.1, 0.15) is 0 Å². The van der Waals surface area contributed by atoms with Gasteiger partial charge in [0.05, 0.1) is 0 Å². The second-order valence-corrected chi connectivity index (χ2v) is 6.96. The Kier molecular flexibility index (Phi) is 6.07. The molecule has 2 rings (SSSR count). The van der Waals surface area contributed by atoms with Gasteiger partial charge in [0.25, 0.3) is 0 Å². The van der Waals surface area contributed by atoms with E-state index in [0.717, 1.165) is 29.4 Å². The second-order valence-electron chi connectivity index (χ2n) is 4.81. The summed E-state index contributed by atoms with van der Waals surface area (Å²) in [4.78, 5) is 5.87. The van der Waals surface area contributed by atoms with E-state index >= 15 is 0 Å². The summed E-state index contributed by atoms with van der Waals surface area (Å²) < 4.78 is 1.13. The zero-order valence-corrected chi connectivity index (χ0v) is 14.0. The molecule has 1 unspecified atom stereocenters. The average molecular weight is 306 g/mol. The van der Waals surface area contributed by atoms with Crippen molar-refractivity contribution in [3.63, 3.8) is 0 Å². The number of benzene rings is 1. The molecule has 0 spiro atoms. The highest BCUT2D eigenvalue weighted by Crippen LogP contribution is 2.35. The summed E-state index contributed by atoms with van der Waals surface area (Å²) in [5, 5.41) is 5.75. The largest absolute Gasteiger partial charge is 0.310 e. The van der Waals surface area contributed by atoms with Gasteiger partial charge in [-0.1, -0.05) is 43.8 Å². The predicted molar refractivity (Wildman–Crippen MR) is 88.7 cm³/mol. The number of hydrogen-bond donors (Lipinski definition) is 1. The number of hydrogen-bond acceptors (Lipinski definition) is 4. The quantitative estimate of drug-likeness (QED) is 0.774. The van der Waals surface area contributed by atoms with Crippen LogP contribution in [-0.4, -0.2) is 11.5 Å². The van der Waals surface area contributed by atoms with Gasteiger partial charge in [0.2, 0.25) is 0 Å². The van der Waals surface area contributed by atoms with E-state index in [1.165, 1.54) is 10.5 Å². The lowest BCUT2D eigenvalue weighted by molar-refractivity contribution is 0.512. The maximum absolute atomic E-state index is 4.56. The van der Waals surface area contributed by atoms with E-state index in [2.05, 4.69) is 53.8 Å². The molecule has 0 amide bonds. The van der Waals surface area contributed by atoms with Crippen LogP contribution in [-0.2, 0) is 0 Å². The van der Waals surface area contributed by atoms with Crippen LogP contribution in [0, 0.1) is 6.92 Å². The molecule has 0 aliphatic heterocycles. The molecule has 0 fully saturated rings. The van der Waals surface area contributed by atoms with Crippen LogP contribution in [0.5, 0.6) is 0 Å². The molecule has 1 N–H and O–H groups in total. The molecule has 0 aliphatic rings. The summed E-state index contributed by atoms with van der Waals surface area (Å²) in [7, 11) is 0. The number of rotatable bonds is 7. The molecule has 0 saturated carbocycles. The molecule has 20 heavy (non-hydrogen) atoms. The molecule has 4 heteroatoms. The smallest absolute Gasteiger partial charge is 0.154 e. The van der Waals surface area contributed by atoms with Gasteiger partial charge in [-0.3, -0.25) is 0 Å². The van der Waals surface area contributed by atoms with Gasteiger partial charge < -0.3 is 5.32 Å². The fourth-order valence-electron chi connectivity index (χ4n) is 2.13.